The highest BCUT2D eigenvalue weighted by Crippen LogP contribution is 1.97. The van der Waals surface area contributed by atoms with Gasteiger partial charge in [-0.25, -0.2) is 4.79 Å². The minimum Gasteiger partial charge on any atom is -0.481 e. The van der Waals surface area contributed by atoms with Crippen LogP contribution in [0.4, 0.5) is 0 Å². The predicted molar refractivity (Wildman–Crippen MR) is 83.5 cm³/mol. The van der Waals surface area contributed by atoms with Crippen molar-refractivity contribution in [2.24, 2.45) is 5.73 Å². The summed E-state index contributed by atoms with van der Waals surface area (Å²) in [7, 11) is 0. The molecule has 0 spiro atoms. The van der Waals surface area contributed by atoms with Gasteiger partial charge >= 0.3 is 11.9 Å². The van der Waals surface area contributed by atoms with Crippen LogP contribution in [-0.4, -0.2) is 87.5 Å². The van der Waals surface area contributed by atoms with E-state index in [1.54, 1.807) is 0 Å². The van der Waals surface area contributed by atoms with Crippen LogP contribution in [0.15, 0.2) is 0 Å². The van der Waals surface area contributed by atoms with E-state index in [1.807, 2.05) is 5.32 Å². The summed E-state index contributed by atoms with van der Waals surface area (Å²) in [5.41, 5.74) is 5.34. The normalized spacial score (nSPS) is 15.1. The average Bonchev–Trinajstić information content (AvgIpc) is 2.53. The molecule has 0 aliphatic carbocycles. The number of carboxylic acids is 2. The van der Waals surface area contributed by atoms with Crippen molar-refractivity contribution in [1.29, 1.82) is 0 Å². The number of hydrogen-bond donors (Lipinski definition) is 8. The van der Waals surface area contributed by atoms with Crippen LogP contribution in [0.2, 0.25) is 0 Å². The van der Waals surface area contributed by atoms with Gasteiger partial charge in [-0.1, -0.05) is 0 Å². The number of aliphatic hydroxyl groups excluding tert-OH is 2. The highest BCUT2D eigenvalue weighted by Gasteiger charge is 2.29. The van der Waals surface area contributed by atoms with Crippen LogP contribution < -0.4 is 21.7 Å². The van der Waals surface area contributed by atoms with E-state index in [1.165, 1.54) is 6.92 Å². The molecule has 0 rings (SSSR count). The molecule has 4 unspecified atom stereocenters. The van der Waals surface area contributed by atoms with Crippen LogP contribution in [0.25, 0.3) is 0 Å². The quantitative estimate of drug-likeness (QED) is 0.171. The Bertz CT molecular complexity index is 552. The zero-order chi connectivity index (χ0) is 20.4. The van der Waals surface area contributed by atoms with E-state index in [4.69, 9.17) is 21.1 Å². The second-order valence-electron chi connectivity index (χ2n) is 5.29. The maximum absolute atomic E-state index is 12.0. The van der Waals surface area contributed by atoms with Gasteiger partial charge in [0.15, 0.2) is 0 Å². The number of nitrogens with one attached hydrogen (secondary N) is 3. The molecule has 0 saturated carbocycles. The van der Waals surface area contributed by atoms with Crippen molar-refractivity contribution < 1.29 is 44.4 Å². The molecule has 13 heteroatoms. The van der Waals surface area contributed by atoms with Gasteiger partial charge in [0.05, 0.1) is 31.7 Å². The van der Waals surface area contributed by atoms with Gasteiger partial charge in [0.2, 0.25) is 17.7 Å². The Kier molecular flexibility index (Phi) is 9.80. The average molecular weight is 378 g/mol. The Balaban J connectivity index is 4.69. The van der Waals surface area contributed by atoms with Crippen molar-refractivity contribution in [3.8, 4) is 0 Å². The van der Waals surface area contributed by atoms with E-state index >= 15 is 0 Å². The van der Waals surface area contributed by atoms with Gasteiger partial charge in [-0.2, -0.15) is 0 Å². The van der Waals surface area contributed by atoms with Gasteiger partial charge in [0.25, 0.3) is 0 Å². The lowest BCUT2D eigenvalue weighted by Gasteiger charge is -2.22. The summed E-state index contributed by atoms with van der Waals surface area (Å²) >= 11 is 0. The number of aliphatic hydroxyl groups is 2. The maximum Gasteiger partial charge on any atom is 0.328 e. The van der Waals surface area contributed by atoms with Crippen molar-refractivity contribution in [1.82, 2.24) is 16.0 Å². The van der Waals surface area contributed by atoms with Gasteiger partial charge in [-0.05, 0) is 6.92 Å². The number of amides is 3. The molecule has 0 aromatic heterocycles. The standard InChI is InChI=1S/C13H22N4O9/c1-5(19)10(17-11(23)6(14)2-9(21)22)12(24)15-3-8(20)16-7(4-18)13(25)26/h5-7,10,18-19H,2-4,14H2,1H3,(H,15,24)(H,16,20)(H,17,23)(H,21,22)(H,25,26). The van der Waals surface area contributed by atoms with E-state index in [2.05, 4.69) is 10.6 Å². The van der Waals surface area contributed by atoms with Gasteiger partial charge in [-0.3, -0.25) is 19.2 Å². The SMILES string of the molecule is CC(O)C(NC(=O)C(N)CC(=O)O)C(=O)NCC(=O)NC(CO)C(=O)O. The van der Waals surface area contributed by atoms with Crippen LogP contribution >= 0.6 is 0 Å². The number of rotatable bonds is 11. The zero-order valence-electron chi connectivity index (χ0n) is 13.8. The number of carboxylic acid groups (broad SMARTS) is 2. The second-order valence-corrected chi connectivity index (χ2v) is 5.29. The monoisotopic (exact) mass is 378 g/mol. The molecular weight excluding hydrogens is 356 g/mol. The Morgan fingerprint density at radius 1 is 1.04 bits per heavy atom. The highest BCUT2D eigenvalue weighted by molar-refractivity contribution is 5.93. The van der Waals surface area contributed by atoms with Crippen LogP contribution in [0.3, 0.4) is 0 Å². The largest absolute Gasteiger partial charge is 0.481 e. The topological polar surface area (TPSA) is 228 Å². The lowest BCUT2D eigenvalue weighted by atomic mass is 10.1. The summed E-state index contributed by atoms with van der Waals surface area (Å²) in [6.07, 6.45) is -2.09. The van der Waals surface area contributed by atoms with E-state index in [-0.39, 0.29) is 0 Å². The van der Waals surface area contributed by atoms with Crippen LogP contribution in [0.1, 0.15) is 13.3 Å². The van der Waals surface area contributed by atoms with E-state index < -0.39 is 73.5 Å². The molecule has 0 aromatic rings. The van der Waals surface area contributed by atoms with Crippen LogP contribution in [0, 0.1) is 0 Å². The van der Waals surface area contributed by atoms with Gasteiger partial charge in [-0.15, -0.1) is 0 Å². The Labute approximate surface area is 147 Å². The van der Waals surface area contributed by atoms with E-state index in [0.717, 1.165) is 0 Å². The third kappa shape index (κ3) is 8.36. The summed E-state index contributed by atoms with van der Waals surface area (Å²) in [5, 5.41) is 41.7. The van der Waals surface area contributed by atoms with Crippen molar-refractivity contribution in [3.05, 3.63) is 0 Å². The molecular formula is C13H22N4O9. The molecule has 0 fully saturated rings. The number of hydrogen-bond acceptors (Lipinski definition) is 8. The minimum atomic E-state index is -1.55. The molecule has 26 heavy (non-hydrogen) atoms. The Morgan fingerprint density at radius 3 is 2.04 bits per heavy atom. The summed E-state index contributed by atoms with van der Waals surface area (Å²) in [4.78, 5) is 56.4. The van der Waals surface area contributed by atoms with Crippen molar-refractivity contribution in [3.63, 3.8) is 0 Å². The van der Waals surface area contributed by atoms with Crippen molar-refractivity contribution in [2.45, 2.75) is 37.6 Å². The first kappa shape index (κ1) is 23.2. The third-order valence-corrected chi connectivity index (χ3v) is 3.03. The lowest BCUT2D eigenvalue weighted by molar-refractivity contribution is -0.143. The summed E-state index contributed by atoms with van der Waals surface area (Å²) < 4.78 is 0. The number of carbonyl (C=O) groups is 5. The molecule has 13 nitrogen and oxygen atoms in total. The molecule has 0 radical (unpaired) electrons. The molecule has 0 aromatic carbocycles. The smallest absolute Gasteiger partial charge is 0.328 e. The van der Waals surface area contributed by atoms with Crippen LogP contribution in [-0.2, 0) is 24.0 Å². The highest BCUT2D eigenvalue weighted by atomic mass is 16.4. The molecule has 0 bridgehead atoms. The first-order chi connectivity index (χ1) is 12.0. The number of aliphatic carboxylic acids is 2. The fourth-order valence-electron chi connectivity index (χ4n) is 1.65. The first-order valence-electron chi connectivity index (χ1n) is 7.36. The summed E-state index contributed by atoms with van der Waals surface area (Å²) in [6.45, 7) is -0.384. The molecule has 9 N–H and O–H groups in total. The molecule has 0 heterocycles. The Morgan fingerprint density at radius 2 is 1.62 bits per heavy atom. The van der Waals surface area contributed by atoms with Gasteiger partial charge in [0.1, 0.15) is 12.1 Å². The van der Waals surface area contributed by atoms with Crippen LogP contribution in [0.5, 0.6) is 0 Å². The Hall–Kier alpha value is -2.77. The fraction of sp³-hybridized carbons (Fsp3) is 0.615. The predicted octanol–water partition coefficient (Wildman–Crippen LogP) is -4.67. The molecule has 0 aliphatic heterocycles. The van der Waals surface area contributed by atoms with Gasteiger partial charge in [0, 0.05) is 0 Å². The molecule has 0 aliphatic rings. The third-order valence-electron chi connectivity index (χ3n) is 3.03. The van der Waals surface area contributed by atoms with E-state index in [0.29, 0.717) is 0 Å². The number of carbonyl (C=O) groups excluding carboxylic acids is 3. The lowest BCUT2D eigenvalue weighted by Crippen LogP contribution is -2.57. The fourth-order valence-corrected chi connectivity index (χ4v) is 1.65. The van der Waals surface area contributed by atoms with E-state index in [9.17, 15) is 29.1 Å². The van der Waals surface area contributed by atoms with Crippen molar-refractivity contribution >= 4 is 29.7 Å². The number of nitrogens with two attached hydrogens (primary N) is 1. The molecule has 3 amide bonds. The summed E-state index contributed by atoms with van der Waals surface area (Å²) in [5.74, 6) is -5.72. The first-order valence-corrected chi connectivity index (χ1v) is 7.36. The van der Waals surface area contributed by atoms with Crippen molar-refractivity contribution in [2.75, 3.05) is 13.2 Å². The second kappa shape index (κ2) is 11.0. The molecule has 148 valence electrons. The zero-order valence-corrected chi connectivity index (χ0v) is 13.8. The summed E-state index contributed by atoms with van der Waals surface area (Å²) in [6, 6.07) is -4.53. The molecule has 4 atom stereocenters. The maximum atomic E-state index is 12.0. The van der Waals surface area contributed by atoms with Gasteiger partial charge < -0.3 is 42.1 Å². The minimum absolute atomic E-state index is 0.692. The molecule has 0 saturated heterocycles.